The molecule has 2 unspecified atom stereocenters. The Balaban J connectivity index is 2.65. The molecule has 0 aliphatic carbocycles. The first-order chi connectivity index (χ1) is 6.50. The molecule has 6 heteroatoms. The highest BCUT2D eigenvalue weighted by molar-refractivity contribution is 7.16. The summed E-state index contributed by atoms with van der Waals surface area (Å²) in [5.41, 5.74) is 0. The van der Waals surface area contributed by atoms with Crippen LogP contribution in [0.25, 0.3) is 0 Å². The van der Waals surface area contributed by atoms with E-state index in [1.807, 2.05) is 0 Å². The van der Waals surface area contributed by atoms with Gasteiger partial charge >= 0.3 is 5.97 Å². The van der Waals surface area contributed by atoms with Gasteiger partial charge < -0.3 is 15.3 Å². The third-order valence-electron chi connectivity index (χ3n) is 1.63. The molecule has 1 aromatic heterocycles. The third kappa shape index (κ3) is 2.95. The molecular formula is C8H9ClO4S. The summed E-state index contributed by atoms with van der Waals surface area (Å²) >= 11 is 6.74. The van der Waals surface area contributed by atoms with Crippen molar-refractivity contribution < 1.29 is 20.1 Å². The molecule has 14 heavy (non-hydrogen) atoms. The highest BCUT2D eigenvalue weighted by Crippen LogP contribution is 2.29. The smallest absolute Gasteiger partial charge is 0.306 e. The molecule has 0 aliphatic rings. The van der Waals surface area contributed by atoms with Crippen LogP contribution in [0.3, 0.4) is 0 Å². The lowest BCUT2D eigenvalue weighted by molar-refractivity contribution is -0.141. The summed E-state index contributed by atoms with van der Waals surface area (Å²) in [6, 6.07) is 3.14. The van der Waals surface area contributed by atoms with Gasteiger partial charge in [-0.25, -0.2) is 0 Å². The van der Waals surface area contributed by atoms with E-state index in [1.165, 1.54) is 0 Å². The molecule has 0 spiro atoms. The minimum atomic E-state index is -1.30. The van der Waals surface area contributed by atoms with Crippen molar-refractivity contribution in [3.05, 3.63) is 21.3 Å². The molecule has 0 saturated carbocycles. The first-order valence-corrected chi connectivity index (χ1v) is 5.03. The molecule has 4 nitrogen and oxygen atoms in total. The Labute approximate surface area is 89.4 Å². The standard InChI is InChI=1S/C8H9ClO4S/c9-6-2-1-5(14-6)8(13)4(10)3-7(11)12/h1-2,4,8,10,13H,3H2,(H,11,12). The predicted octanol–water partition coefficient (Wildman–Crippen LogP) is 1.27. The monoisotopic (exact) mass is 236 g/mol. The summed E-state index contributed by atoms with van der Waals surface area (Å²) in [7, 11) is 0. The molecular weight excluding hydrogens is 228 g/mol. The molecule has 0 aromatic carbocycles. The van der Waals surface area contributed by atoms with Gasteiger partial charge in [0.2, 0.25) is 0 Å². The van der Waals surface area contributed by atoms with Crippen LogP contribution in [0.1, 0.15) is 17.4 Å². The molecule has 1 aromatic rings. The highest BCUT2D eigenvalue weighted by Gasteiger charge is 2.22. The number of hydrogen-bond donors (Lipinski definition) is 3. The van der Waals surface area contributed by atoms with E-state index in [0.29, 0.717) is 9.21 Å². The number of carboxylic acid groups (broad SMARTS) is 1. The number of thiophene rings is 1. The lowest BCUT2D eigenvalue weighted by Crippen LogP contribution is -2.20. The van der Waals surface area contributed by atoms with Crippen LogP contribution in [-0.2, 0) is 4.79 Å². The maximum absolute atomic E-state index is 10.3. The summed E-state index contributed by atoms with van der Waals surface area (Å²) in [5.74, 6) is -1.15. The molecule has 0 saturated heterocycles. The van der Waals surface area contributed by atoms with Gasteiger partial charge in [-0.3, -0.25) is 4.79 Å². The van der Waals surface area contributed by atoms with Crippen LogP contribution in [0.4, 0.5) is 0 Å². The average molecular weight is 237 g/mol. The van der Waals surface area contributed by atoms with Crippen molar-refractivity contribution >= 4 is 28.9 Å². The van der Waals surface area contributed by atoms with Crippen molar-refractivity contribution in [1.82, 2.24) is 0 Å². The number of halogens is 1. The van der Waals surface area contributed by atoms with Gasteiger partial charge in [0, 0.05) is 4.88 Å². The molecule has 78 valence electrons. The predicted molar refractivity (Wildman–Crippen MR) is 52.5 cm³/mol. The summed E-state index contributed by atoms with van der Waals surface area (Å²) < 4.78 is 0.488. The fraction of sp³-hybridized carbons (Fsp3) is 0.375. The topological polar surface area (TPSA) is 77.8 Å². The van der Waals surface area contributed by atoms with Crippen LogP contribution in [0.2, 0.25) is 4.34 Å². The fourth-order valence-electron chi connectivity index (χ4n) is 0.967. The van der Waals surface area contributed by atoms with Gasteiger partial charge in [-0.2, -0.15) is 0 Å². The minimum absolute atomic E-state index is 0.462. The normalized spacial score (nSPS) is 15.1. The largest absolute Gasteiger partial charge is 0.481 e. The zero-order valence-electron chi connectivity index (χ0n) is 7.05. The molecule has 0 amide bonds. The van der Waals surface area contributed by atoms with Gasteiger partial charge in [0.1, 0.15) is 6.10 Å². The van der Waals surface area contributed by atoms with Gasteiger partial charge in [-0.1, -0.05) is 11.6 Å². The molecule has 1 rings (SSSR count). The number of hydrogen-bond acceptors (Lipinski definition) is 4. The van der Waals surface area contributed by atoms with E-state index < -0.39 is 24.6 Å². The van der Waals surface area contributed by atoms with Crippen molar-refractivity contribution in [2.24, 2.45) is 0 Å². The Morgan fingerprint density at radius 1 is 1.50 bits per heavy atom. The Morgan fingerprint density at radius 3 is 2.57 bits per heavy atom. The molecule has 3 N–H and O–H groups in total. The molecule has 0 aliphatic heterocycles. The molecule has 0 fully saturated rings. The van der Waals surface area contributed by atoms with Crippen LogP contribution in [0.15, 0.2) is 12.1 Å². The lowest BCUT2D eigenvalue weighted by Gasteiger charge is -2.13. The van der Waals surface area contributed by atoms with Gasteiger partial charge in [-0.15, -0.1) is 11.3 Å². The second-order valence-electron chi connectivity index (χ2n) is 2.75. The summed E-state index contributed by atoms with van der Waals surface area (Å²) in [6.45, 7) is 0. The van der Waals surface area contributed by atoms with E-state index >= 15 is 0 Å². The Hall–Kier alpha value is -0.620. The number of carboxylic acids is 1. The van der Waals surface area contributed by atoms with Crippen LogP contribution in [0, 0.1) is 0 Å². The van der Waals surface area contributed by atoms with E-state index in [9.17, 15) is 15.0 Å². The van der Waals surface area contributed by atoms with Crippen molar-refractivity contribution in [3.8, 4) is 0 Å². The molecule has 0 radical (unpaired) electrons. The van der Waals surface area contributed by atoms with Gasteiger partial charge in [0.15, 0.2) is 0 Å². The van der Waals surface area contributed by atoms with Crippen LogP contribution >= 0.6 is 22.9 Å². The van der Waals surface area contributed by atoms with Crippen molar-refractivity contribution in [1.29, 1.82) is 0 Å². The van der Waals surface area contributed by atoms with Gasteiger partial charge in [0.05, 0.1) is 16.9 Å². The van der Waals surface area contributed by atoms with E-state index in [0.717, 1.165) is 11.3 Å². The Bertz CT molecular complexity index is 325. The molecule has 1 heterocycles. The zero-order valence-corrected chi connectivity index (χ0v) is 8.63. The molecule has 0 bridgehead atoms. The van der Waals surface area contributed by atoms with Gasteiger partial charge in [-0.05, 0) is 12.1 Å². The minimum Gasteiger partial charge on any atom is -0.481 e. The first kappa shape index (κ1) is 11.5. The Morgan fingerprint density at radius 2 is 2.14 bits per heavy atom. The SMILES string of the molecule is O=C(O)CC(O)C(O)c1ccc(Cl)s1. The van der Waals surface area contributed by atoms with Crippen molar-refractivity contribution in [2.45, 2.75) is 18.6 Å². The third-order valence-corrected chi connectivity index (χ3v) is 2.94. The molecule has 2 atom stereocenters. The number of aliphatic hydroxyl groups is 2. The number of rotatable bonds is 4. The summed E-state index contributed by atoms with van der Waals surface area (Å²) in [6.07, 6.45) is -2.98. The number of aliphatic carboxylic acids is 1. The zero-order chi connectivity index (χ0) is 10.7. The number of aliphatic hydroxyl groups excluding tert-OH is 2. The van der Waals surface area contributed by atoms with Gasteiger partial charge in [0.25, 0.3) is 0 Å². The maximum atomic E-state index is 10.3. The second kappa shape index (κ2) is 4.75. The highest BCUT2D eigenvalue weighted by atomic mass is 35.5. The number of carbonyl (C=O) groups is 1. The fourth-order valence-corrected chi connectivity index (χ4v) is 2.07. The van der Waals surface area contributed by atoms with E-state index in [1.54, 1.807) is 12.1 Å². The van der Waals surface area contributed by atoms with E-state index in [4.69, 9.17) is 16.7 Å². The van der Waals surface area contributed by atoms with Crippen molar-refractivity contribution in [3.63, 3.8) is 0 Å². The second-order valence-corrected chi connectivity index (χ2v) is 4.50. The summed E-state index contributed by atoms with van der Waals surface area (Å²) in [4.78, 5) is 10.7. The van der Waals surface area contributed by atoms with Crippen LogP contribution < -0.4 is 0 Å². The lowest BCUT2D eigenvalue weighted by atomic mass is 10.1. The van der Waals surface area contributed by atoms with Crippen LogP contribution in [0.5, 0.6) is 0 Å². The van der Waals surface area contributed by atoms with Crippen molar-refractivity contribution in [2.75, 3.05) is 0 Å². The first-order valence-electron chi connectivity index (χ1n) is 3.84. The quantitative estimate of drug-likeness (QED) is 0.736. The average Bonchev–Trinajstić information content (AvgIpc) is 2.49. The van der Waals surface area contributed by atoms with Crippen LogP contribution in [-0.4, -0.2) is 27.4 Å². The van der Waals surface area contributed by atoms with E-state index in [-0.39, 0.29) is 0 Å². The maximum Gasteiger partial charge on any atom is 0.306 e. The Kier molecular flexibility index (Phi) is 3.88. The van der Waals surface area contributed by atoms with E-state index in [2.05, 4.69) is 0 Å². The summed E-state index contributed by atoms with van der Waals surface area (Å²) in [5, 5.41) is 27.2.